The Morgan fingerprint density at radius 2 is 1.94 bits per heavy atom. The van der Waals surface area contributed by atoms with Crippen molar-refractivity contribution in [1.82, 2.24) is 9.55 Å². The van der Waals surface area contributed by atoms with E-state index in [0.29, 0.717) is 0 Å². The van der Waals surface area contributed by atoms with Gasteiger partial charge in [0.15, 0.2) is 0 Å². The Morgan fingerprint density at radius 1 is 1.24 bits per heavy atom. The van der Waals surface area contributed by atoms with Crippen LogP contribution in [0, 0.1) is 13.8 Å². The van der Waals surface area contributed by atoms with Gasteiger partial charge in [-0.2, -0.15) is 0 Å². The standard InChI is InChI=1S/C12H14N2O2S/c1-9-4-5-11(10(2)8-9)14-7-6-13-12(14)17(3,15)16/h4-8H,1-3H3. The molecule has 0 unspecified atom stereocenters. The Morgan fingerprint density at radius 3 is 2.53 bits per heavy atom. The number of hydrogen-bond acceptors (Lipinski definition) is 3. The fourth-order valence-electron chi connectivity index (χ4n) is 1.82. The van der Waals surface area contributed by atoms with Crippen LogP contribution in [0.5, 0.6) is 0 Å². The van der Waals surface area contributed by atoms with E-state index in [2.05, 4.69) is 4.98 Å². The van der Waals surface area contributed by atoms with Gasteiger partial charge in [-0.05, 0) is 25.5 Å². The number of aromatic nitrogens is 2. The van der Waals surface area contributed by atoms with Gasteiger partial charge in [0.25, 0.3) is 0 Å². The maximum Gasteiger partial charge on any atom is 0.231 e. The Labute approximate surface area is 101 Å². The van der Waals surface area contributed by atoms with Crippen LogP contribution >= 0.6 is 0 Å². The van der Waals surface area contributed by atoms with E-state index < -0.39 is 9.84 Å². The fraction of sp³-hybridized carbons (Fsp3) is 0.250. The van der Waals surface area contributed by atoms with Crippen LogP contribution in [0.15, 0.2) is 35.7 Å². The van der Waals surface area contributed by atoms with E-state index in [9.17, 15) is 8.42 Å². The van der Waals surface area contributed by atoms with Crippen LogP contribution in [0.25, 0.3) is 5.69 Å². The number of aryl methyl sites for hydroxylation is 2. The van der Waals surface area contributed by atoms with E-state index in [0.717, 1.165) is 23.1 Å². The summed E-state index contributed by atoms with van der Waals surface area (Å²) in [6.45, 7) is 3.95. The first-order valence-electron chi connectivity index (χ1n) is 5.20. The van der Waals surface area contributed by atoms with E-state index in [1.807, 2.05) is 32.0 Å². The minimum atomic E-state index is -3.31. The second kappa shape index (κ2) is 4.00. The molecule has 0 aliphatic heterocycles. The molecule has 5 heteroatoms. The second-order valence-electron chi connectivity index (χ2n) is 4.14. The van der Waals surface area contributed by atoms with Gasteiger partial charge in [0, 0.05) is 18.6 Å². The van der Waals surface area contributed by atoms with E-state index in [1.54, 1.807) is 10.8 Å². The van der Waals surface area contributed by atoms with E-state index in [-0.39, 0.29) is 5.16 Å². The van der Waals surface area contributed by atoms with Crippen LogP contribution in [0.3, 0.4) is 0 Å². The van der Waals surface area contributed by atoms with Crippen molar-refractivity contribution in [2.24, 2.45) is 0 Å². The average Bonchev–Trinajstić information content (AvgIpc) is 2.65. The van der Waals surface area contributed by atoms with Gasteiger partial charge in [-0.3, -0.25) is 4.57 Å². The van der Waals surface area contributed by atoms with Crippen molar-refractivity contribution >= 4 is 9.84 Å². The van der Waals surface area contributed by atoms with Crippen molar-refractivity contribution < 1.29 is 8.42 Å². The smallest absolute Gasteiger partial charge is 0.231 e. The maximum atomic E-state index is 11.6. The zero-order chi connectivity index (χ0) is 12.6. The van der Waals surface area contributed by atoms with Crippen LogP contribution in [-0.2, 0) is 9.84 Å². The molecule has 4 nitrogen and oxygen atoms in total. The lowest BCUT2D eigenvalue weighted by atomic mass is 10.1. The summed E-state index contributed by atoms with van der Waals surface area (Å²) >= 11 is 0. The molecule has 0 spiro atoms. The molecule has 90 valence electrons. The summed E-state index contributed by atoms with van der Waals surface area (Å²) in [5.74, 6) is 0. The molecule has 0 atom stereocenters. The topological polar surface area (TPSA) is 52.0 Å². The van der Waals surface area contributed by atoms with Crippen molar-refractivity contribution in [1.29, 1.82) is 0 Å². The molecule has 1 aromatic carbocycles. The summed E-state index contributed by atoms with van der Waals surface area (Å²) in [4.78, 5) is 3.90. The third-order valence-corrected chi connectivity index (χ3v) is 3.52. The van der Waals surface area contributed by atoms with Crippen LogP contribution in [-0.4, -0.2) is 24.2 Å². The van der Waals surface area contributed by atoms with Gasteiger partial charge in [0.2, 0.25) is 15.0 Å². The number of rotatable bonds is 2. The molecule has 2 aromatic rings. The largest absolute Gasteiger partial charge is 0.290 e. The average molecular weight is 250 g/mol. The van der Waals surface area contributed by atoms with Gasteiger partial charge in [-0.1, -0.05) is 17.7 Å². The monoisotopic (exact) mass is 250 g/mol. The summed E-state index contributed by atoms with van der Waals surface area (Å²) in [6, 6.07) is 5.87. The van der Waals surface area contributed by atoms with Crippen LogP contribution in [0.1, 0.15) is 11.1 Å². The van der Waals surface area contributed by atoms with E-state index in [1.165, 1.54) is 6.20 Å². The number of nitrogens with zero attached hydrogens (tertiary/aromatic N) is 2. The van der Waals surface area contributed by atoms with E-state index in [4.69, 9.17) is 0 Å². The molecule has 0 fully saturated rings. The molecule has 0 amide bonds. The van der Waals surface area contributed by atoms with Gasteiger partial charge < -0.3 is 0 Å². The van der Waals surface area contributed by atoms with Gasteiger partial charge in [-0.25, -0.2) is 13.4 Å². The van der Waals surface area contributed by atoms with Gasteiger partial charge in [0.1, 0.15) is 0 Å². The molecule has 17 heavy (non-hydrogen) atoms. The molecular weight excluding hydrogens is 236 g/mol. The summed E-state index contributed by atoms with van der Waals surface area (Å²) in [5.41, 5.74) is 3.01. The molecule has 1 heterocycles. The molecule has 2 rings (SSSR count). The van der Waals surface area contributed by atoms with Gasteiger partial charge >= 0.3 is 0 Å². The molecule has 0 aliphatic carbocycles. The number of imidazole rings is 1. The molecule has 0 aliphatic rings. The molecule has 0 saturated heterocycles. The van der Waals surface area contributed by atoms with Crippen molar-refractivity contribution in [3.8, 4) is 5.69 Å². The zero-order valence-electron chi connectivity index (χ0n) is 10.0. The Hall–Kier alpha value is -1.62. The predicted octanol–water partition coefficient (Wildman–Crippen LogP) is 1.89. The Bertz CT molecular complexity index is 657. The van der Waals surface area contributed by atoms with Crippen molar-refractivity contribution in [2.45, 2.75) is 19.0 Å². The van der Waals surface area contributed by atoms with Crippen LogP contribution in [0.4, 0.5) is 0 Å². The van der Waals surface area contributed by atoms with Crippen molar-refractivity contribution in [3.63, 3.8) is 0 Å². The number of benzene rings is 1. The first kappa shape index (κ1) is 11.9. The fourth-order valence-corrected chi connectivity index (χ4v) is 2.59. The molecule has 1 aromatic heterocycles. The second-order valence-corrected chi connectivity index (χ2v) is 6.05. The lowest BCUT2D eigenvalue weighted by Crippen LogP contribution is -2.08. The minimum Gasteiger partial charge on any atom is -0.290 e. The number of hydrogen-bond donors (Lipinski definition) is 0. The molecule has 0 saturated carbocycles. The van der Waals surface area contributed by atoms with Gasteiger partial charge in [0.05, 0.1) is 5.69 Å². The highest BCUT2D eigenvalue weighted by atomic mass is 32.2. The molecule has 0 bridgehead atoms. The third kappa shape index (κ3) is 2.24. The summed E-state index contributed by atoms with van der Waals surface area (Å²) in [5, 5.41) is 0.0736. The summed E-state index contributed by atoms with van der Waals surface area (Å²) in [6.07, 6.45) is 4.32. The quantitative estimate of drug-likeness (QED) is 0.818. The van der Waals surface area contributed by atoms with Crippen LogP contribution < -0.4 is 0 Å². The molecular formula is C12H14N2O2S. The normalized spacial score (nSPS) is 11.7. The lowest BCUT2D eigenvalue weighted by molar-refractivity contribution is 0.590. The minimum absolute atomic E-state index is 0.0736. The molecule has 0 N–H and O–H groups in total. The highest BCUT2D eigenvalue weighted by molar-refractivity contribution is 7.90. The summed E-state index contributed by atoms with van der Waals surface area (Å²) < 4.78 is 24.8. The predicted molar refractivity (Wildman–Crippen MR) is 66.1 cm³/mol. The van der Waals surface area contributed by atoms with Crippen molar-refractivity contribution in [3.05, 3.63) is 41.7 Å². The first-order valence-corrected chi connectivity index (χ1v) is 7.10. The van der Waals surface area contributed by atoms with Crippen molar-refractivity contribution in [2.75, 3.05) is 6.26 Å². The third-order valence-electron chi connectivity index (χ3n) is 2.55. The number of sulfone groups is 1. The zero-order valence-corrected chi connectivity index (χ0v) is 10.8. The Kier molecular flexibility index (Phi) is 2.79. The molecule has 0 radical (unpaired) electrons. The van der Waals surface area contributed by atoms with E-state index >= 15 is 0 Å². The Balaban J connectivity index is 2.66. The highest BCUT2D eigenvalue weighted by Gasteiger charge is 2.16. The van der Waals surface area contributed by atoms with Gasteiger partial charge in [-0.15, -0.1) is 0 Å². The SMILES string of the molecule is Cc1ccc(-n2ccnc2S(C)(=O)=O)c(C)c1. The highest BCUT2D eigenvalue weighted by Crippen LogP contribution is 2.19. The maximum absolute atomic E-state index is 11.6. The lowest BCUT2D eigenvalue weighted by Gasteiger charge is -2.10. The summed E-state index contributed by atoms with van der Waals surface area (Å²) in [7, 11) is -3.31. The van der Waals surface area contributed by atoms with Crippen LogP contribution in [0.2, 0.25) is 0 Å². The first-order chi connectivity index (χ1) is 7.89.